The molecular formula is C17H19NO3. The van der Waals surface area contributed by atoms with Crippen molar-refractivity contribution in [2.24, 2.45) is 5.92 Å². The van der Waals surface area contributed by atoms with Gasteiger partial charge in [0.25, 0.3) is 0 Å². The predicted octanol–water partition coefficient (Wildman–Crippen LogP) is 3.84. The summed E-state index contributed by atoms with van der Waals surface area (Å²) in [5, 5.41) is 3.62. The molecule has 0 aliphatic carbocycles. The Bertz CT molecular complexity index is 664. The quantitative estimate of drug-likeness (QED) is 0.910. The number of nitrogens with one attached hydrogen (secondary N) is 1. The fourth-order valence-corrected chi connectivity index (χ4v) is 3.48. The molecule has 0 saturated carbocycles. The Morgan fingerprint density at radius 2 is 2.14 bits per heavy atom. The fraction of sp³-hybridized carbons (Fsp3) is 0.412. The van der Waals surface area contributed by atoms with E-state index in [0.29, 0.717) is 5.92 Å². The Balaban J connectivity index is 1.76. The molecule has 110 valence electrons. The first-order valence-electron chi connectivity index (χ1n) is 7.38. The minimum absolute atomic E-state index is 0.117. The highest BCUT2D eigenvalue weighted by Gasteiger charge is 2.42. The molecule has 1 N–H and O–H groups in total. The van der Waals surface area contributed by atoms with E-state index in [0.717, 1.165) is 36.0 Å². The Hall–Kier alpha value is -1.94. The lowest BCUT2D eigenvalue weighted by atomic mass is 9.83. The monoisotopic (exact) mass is 285 g/mol. The summed E-state index contributed by atoms with van der Waals surface area (Å²) < 4.78 is 17.2. The van der Waals surface area contributed by atoms with Crippen LogP contribution in [0.15, 0.2) is 34.7 Å². The minimum atomic E-state index is 0.117. The van der Waals surface area contributed by atoms with E-state index < -0.39 is 0 Å². The number of benzene rings is 1. The predicted molar refractivity (Wildman–Crippen MR) is 79.6 cm³/mol. The molecule has 2 aliphatic rings. The summed E-state index contributed by atoms with van der Waals surface area (Å²) in [5.41, 5.74) is 2.30. The lowest BCUT2D eigenvalue weighted by Crippen LogP contribution is -2.28. The van der Waals surface area contributed by atoms with Gasteiger partial charge in [0.05, 0.1) is 19.3 Å². The highest BCUT2D eigenvalue weighted by molar-refractivity contribution is 5.59. The van der Waals surface area contributed by atoms with Crippen molar-refractivity contribution in [3.63, 3.8) is 0 Å². The summed E-state index contributed by atoms with van der Waals surface area (Å²) in [6, 6.07) is 10.4. The van der Waals surface area contributed by atoms with E-state index in [2.05, 4.69) is 23.5 Å². The topological polar surface area (TPSA) is 43.6 Å². The van der Waals surface area contributed by atoms with Crippen molar-refractivity contribution in [3.8, 4) is 5.75 Å². The van der Waals surface area contributed by atoms with Crippen LogP contribution in [0.2, 0.25) is 0 Å². The molecule has 3 heterocycles. The van der Waals surface area contributed by atoms with Crippen molar-refractivity contribution in [3.05, 3.63) is 47.4 Å². The van der Waals surface area contributed by atoms with Crippen molar-refractivity contribution in [2.75, 3.05) is 19.0 Å². The number of methoxy groups -OCH3 is 1. The van der Waals surface area contributed by atoms with Crippen molar-refractivity contribution in [2.45, 2.75) is 25.5 Å². The van der Waals surface area contributed by atoms with Gasteiger partial charge in [0.15, 0.2) is 0 Å². The molecule has 1 aromatic carbocycles. The minimum Gasteiger partial charge on any atom is -0.497 e. The molecule has 0 amide bonds. The molecule has 21 heavy (non-hydrogen) atoms. The van der Waals surface area contributed by atoms with Crippen LogP contribution in [0.4, 0.5) is 5.69 Å². The fourth-order valence-electron chi connectivity index (χ4n) is 3.48. The third-order valence-electron chi connectivity index (χ3n) is 4.51. The Morgan fingerprint density at radius 3 is 2.90 bits per heavy atom. The van der Waals surface area contributed by atoms with Gasteiger partial charge in [0.1, 0.15) is 17.3 Å². The van der Waals surface area contributed by atoms with Crippen molar-refractivity contribution in [1.82, 2.24) is 0 Å². The lowest BCUT2D eigenvalue weighted by Gasteiger charge is -2.35. The number of fused-ring (bicyclic) bond motifs is 3. The van der Waals surface area contributed by atoms with Crippen LogP contribution >= 0.6 is 0 Å². The van der Waals surface area contributed by atoms with E-state index in [1.807, 2.05) is 19.1 Å². The summed E-state index contributed by atoms with van der Waals surface area (Å²) in [6.07, 6.45) is 1.16. The van der Waals surface area contributed by atoms with Gasteiger partial charge in [0.2, 0.25) is 0 Å². The lowest BCUT2D eigenvalue weighted by molar-refractivity contribution is 0.0805. The number of hydrogen-bond acceptors (Lipinski definition) is 4. The third kappa shape index (κ3) is 2.02. The standard InChI is InChI=1S/C17H19NO3/c1-10-3-6-15(21-10)16-12-7-8-20-17(12)13-9-11(19-2)4-5-14(13)18-16/h3-6,9,12,16-18H,7-8H2,1-2H3. The van der Waals surface area contributed by atoms with Gasteiger partial charge in [-0.15, -0.1) is 0 Å². The number of furan rings is 1. The molecule has 0 bridgehead atoms. The second-order valence-electron chi connectivity index (χ2n) is 5.77. The van der Waals surface area contributed by atoms with Crippen molar-refractivity contribution >= 4 is 5.69 Å². The smallest absolute Gasteiger partial charge is 0.126 e. The molecule has 1 saturated heterocycles. The van der Waals surface area contributed by atoms with Crippen molar-refractivity contribution in [1.29, 1.82) is 0 Å². The van der Waals surface area contributed by atoms with Gasteiger partial charge in [-0.2, -0.15) is 0 Å². The summed E-state index contributed by atoms with van der Waals surface area (Å²) in [6.45, 7) is 2.78. The van der Waals surface area contributed by atoms with Gasteiger partial charge in [-0.3, -0.25) is 0 Å². The maximum absolute atomic E-state index is 6.00. The highest BCUT2D eigenvalue weighted by atomic mass is 16.5. The maximum atomic E-state index is 6.00. The number of rotatable bonds is 2. The normalized spacial score (nSPS) is 26.9. The van der Waals surface area contributed by atoms with Gasteiger partial charge >= 0.3 is 0 Å². The van der Waals surface area contributed by atoms with E-state index in [1.165, 1.54) is 5.56 Å². The highest BCUT2D eigenvalue weighted by Crippen LogP contribution is 2.50. The van der Waals surface area contributed by atoms with Gasteiger partial charge in [-0.25, -0.2) is 0 Å². The molecule has 4 nitrogen and oxygen atoms in total. The summed E-state index contributed by atoms with van der Waals surface area (Å²) in [4.78, 5) is 0. The number of ether oxygens (including phenoxy) is 2. The zero-order chi connectivity index (χ0) is 14.4. The van der Waals surface area contributed by atoms with Crippen molar-refractivity contribution < 1.29 is 13.9 Å². The molecule has 0 spiro atoms. The molecule has 3 atom stereocenters. The van der Waals surface area contributed by atoms with E-state index in [1.54, 1.807) is 7.11 Å². The zero-order valence-electron chi connectivity index (χ0n) is 12.3. The number of aryl methyl sites for hydroxylation is 1. The van der Waals surface area contributed by atoms with Gasteiger partial charge < -0.3 is 19.2 Å². The van der Waals surface area contributed by atoms with Crippen LogP contribution in [-0.4, -0.2) is 13.7 Å². The first-order valence-corrected chi connectivity index (χ1v) is 7.38. The third-order valence-corrected chi connectivity index (χ3v) is 4.51. The van der Waals surface area contributed by atoms with Crippen LogP contribution in [0.1, 0.15) is 35.7 Å². The molecule has 1 fully saturated rings. The summed E-state index contributed by atoms with van der Waals surface area (Å²) in [5.74, 6) is 3.21. The Kier molecular flexibility index (Phi) is 2.93. The number of anilines is 1. The Labute approximate surface area is 124 Å². The SMILES string of the molecule is COc1ccc2c(c1)C1OCCC1C(c1ccc(C)o1)N2. The van der Waals surface area contributed by atoms with E-state index in [-0.39, 0.29) is 12.1 Å². The van der Waals surface area contributed by atoms with Crippen LogP contribution < -0.4 is 10.1 Å². The average molecular weight is 285 g/mol. The molecule has 4 heteroatoms. The summed E-state index contributed by atoms with van der Waals surface area (Å²) >= 11 is 0. The van der Waals surface area contributed by atoms with E-state index in [9.17, 15) is 0 Å². The zero-order valence-corrected chi connectivity index (χ0v) is 12.3. The van der Waals surface area contributed by atoms with Crippen LogP contribution in [0.3, 0.4) is 0 Å². The van der Waals surface area contributed by atoms with E-state index >= 15 is 0 Å². The first kappa shape index (κ1) is 12.8. The van der Waals surface area contributed by atoms with Crippen LogP contribution in [0, 0.1) is 12.8 Å². The second kappa shape index (κ2) is 4.81. The summed E-state index contributed by atoms with van der Waals surface area (Å²) in [7, 11) is 1.69. The first-order chi connectivity index (χ1) is 10.3. The Morgan fingerprint density at radius 1 is 1.24 bits per heavy atom. The maximum Gasteiger partial charge on any atom is 0.126 e. The molecule has 2 aliphatic heterocycles. The van der Waals surface area contributed by atoms with Gasteiger partial charge in [0, 0.05) is 23.8 Å². The molecule has 4 rings (SSSR count). The van der Waals surface area contributed by atoms with Crippen LogP contribution in [-0.2, 0) is 4.74 Å². The molecule has 3 unspecified atom stereocenters. The molecule has 1 aromatic heterocycles. The average Bonchev–Trinajstić information content (AvgIpc) is 3.15. The van der Waals surface area contributed by atoms with Crippen LogP contribution in [0.25, 0.3) is 0 Å². The molecule has 0 radical (unpaired) electrons. The largest absolute Gasteiger partial charge is 0.497 e. The number of hydrogen-bond donors (Lipinski definition) is 1. The van der Waals surface area contributed by atoms with Gasteiger partial charge in [-0.05, 0) is 43.7 Å². The van der Waals surface area contributed by atoms with E-state index in [4.69, 9.17) is 13.9 Å². The van der Waals surface area contributed by atoms with Crippen LogP contribution in [0.5, 0.6) is 5.75 Å². The second-order valence-corrected chi connectivity index (χ2v) is 5.77. The molecule has 2 aromatic rings. The molecular weight excluding hydrogens is 266 g/mol. The van der Waals surface area contributed by atoms with Gasteiger partial charge in [-0.1, -0.05) is 0 Å².